The molecule has 0 unspecified atom stereocenters. The van der Waals surface area contributed by atoms with Crippen molar-refractivity contribution in [3.05, 3.63) is 39.7 Å². The zero-order chi connectivity index (χ0) is 10.1. The van der Waals surface area contributed by atoms with E-state index in [1.807, 2.05) is 36.6 Å². The summed E-state index contributed by atoms with van der Waals surface area (Å²) in [6.07, 6.45) is 1.89. The first-order valence-corrected chi connectivity index (χ1v) is 6.45. The molecule has 14 heavy (non-hydrogen) atoms. The molecule has 0 aliphatic carbocycles. The maximum absolute atomic E-state index is 13.8. The molecule has 72 valence electrons. The number of thioether (sulfide) groups is 1. The summed E-state index contributed by atoms with van der Waals surface area (Å²) in [4.78, 5) is 0.716. The fraction of sp³-hybridized carbons (Fsp3) is 0.0909. The van der Waals surface area contributed by atoms with Crippen LogP contribution in [0.2, 0.25) is 0 Å². The van der Waals surface area contributed by atoms with Gasteiger partial charge in [0, 0.05) is 13.9 Å². The Kier molecular flexibility index (Phi) is 2.97. The molecule has 2 aromatic carbocycles. The van der Waals surface area contributed by atoms with E-state index in [1.165, 1.54) is 11.8 Å². The lowest BCUT2D eigenvalue weighted by Crippen LogP contribution is -1.87. The number of hydrogen-bond acceptors (Lipinski definition) is 1. The molecule has 0 amide bonds. The summed E-state index contributed by atoms with van der Waals surface area (Å²) in [5.74, 6) is -0.103. The Morgan fingerprint density at radius 3 is 2.50 bits per heavy atom. The molecule has 0 bridgehead atoms. The maximum atomic E-state index is 13.8. The molecule has 0 saturated carbocycles. The summed E-state index contributed by atoms with van der Waals surface area (Å²) in [5, 5.41) is 1.70. The van der Waals surface area contributed by atoms with Crippen molar-refractivity contribution >= 4 is 45.1 Å². The van der Waals surface area contributed by atoms with Crippen LogP contribution in [0.4, 0.5) is 4.39 Å². The van der Waals surface area contributed by atoms with Gasteiger partial charge >= 0.3 is 0 Å². The van der Waals surface area contributed by atoms with Crippen molar-refractivity contribution in [1.29, 1.82) is 0 Å². The van der Waals surface area contributed by atoms with E-state index in [2.05, 4.69) is 22.6 Å². The van der Waals surface area contributed by atoms with Crippen molar-refractivity contribution < 1.29 is 4.39 Å². The van der Waals surface area contributed by atoms with Gasteiger partial charge in [0.15, 0.2) is 0 Å². The summed E-state index contributed by atoms with van der Waals surface area (Å²) in [6.45, 7) is 0. The van der Waals surface area contributed by atoms with Gasteiger partial charge in [-0.1, -0.05) is 24.3 Å². The van der Waals surface area contributed by atoms with E-state index >= 15 is 0 Å². The second kappa shape index (κ2) is 4.06. The third-order valence-corrected chi connectivity index (χ3v) is 3.74. The van der Waals surface area contributed by atoms with Crippen LogP contribution in [0.5, 0.6) is 0 Å². The Bertz CT molecular complexity index is 482. The monoisotopic (exact) mass is 318 g/mol. The molecule has 2 aromatic rings. The molecule has 0 nitrogen and oxygen atoms in total. The Morgan fingerprint density at radius 1 is 1.21 bits per heavy atom. The standard InChI is InChI=1S/C11H8FIS/c1-14-10-6-9(13)7-4-2-3-5-8(7)11(10)12/h2-6H,1H3. The van der Waals surface area contributed by atoms with Gasteiger partial charge in [-0.25, -0.2) is 4.39 Å². The highest BCUT2D eigenvalue weighted by Crippen LogP contribution is 2.30. The van der Waals surface area contributed by atoms with E-state index in [1.54, 1.807) is 0 Å². The minimum absolute atomic E-state index is 0.103. The van der Waals surface area contributed by atoms with Crippen LogP contribution in [0.25, 0.3) is 10.8 Å². The van der Waals surface area contributed by atoms with E-state index in [4.69, 9.17) is 0 Å². The molecule has 0 aliphatic rings. The van der Waals surface area contributed by atoms with Gasteiger partial charge in [0.1, 0.15) is 5.82 Å². The molecule has 2 rings (SSSR count). The van der Waals surface area contributed by atoms with Gasteiger partial charge in [0.05, 0.1) is 0 Å². The second-order valence-corrected chi connectivity index (χ2v) is 4.93. The maximum Gasteiger partial charge on any atom is 0.144 e. The van der Waals surface area contributed by atoms with Crippen molar-refractivity contribution in [3.63, 3.8) is 0 Å². The van der Waals surface area contributed by atoms with Crippen molar-refractivity contribution in [2.24, 2.45) is 0 Å². The van der Waals surface area contributed by atoms with Crippen LogP contribution < -0.4 is 0 Å². The summed E-state index contributed by atoms with van der Waals surface area (Å²) in [7, 11) is 0. The van der Waals surface area contributed by atoms with Gasteiger partial charge in [-0.2, -0.15) is 0 Å². The Labute approximate surface area is 100 Å². The van der Waals surface area contributed by atoms with E-state index in [9.17, 15) is 4.39 Å². The molecule has 0 atom stereocenters. The average Bonchev–Trinajstić information content (AvgIpc) is 2.23. The van der Waals surface area contributed by atoms with Crippen LogP contribution >= 0.6 is 34.4 Å². The summed E-state index contributed by atoms with van der Waals surface area (Å²) >= 11 is 3.69. The molecule has 3 heteroatoms. The summed E-state index contributed by atoms with van der Waals surface area (Å²) in [5.41, 5.74) is 0. The third kappa shape index (κ3) is 1.63. The van der Waals surface area contributed by atoms with Gasteiger partial charge in [-0.05, 0) is 40.3 Å². The lowest BCUT2D eigenvalue weighted by atomic mass is 10.1. The van der Waals surface area contributed by atoms with Crippen LogP contribution in [-0.2, 0) is 0 Å². The molecular formula is C11H8FIS. The molecule has 0 aromatic heterocycles. The summed E-state index contributed by atoms with van der Waals surface area (Å²) in [6, 6.07) is 9.47. The van der Waals surface area contributed by atoms with E-state index in [-0.39, 0.29) is 5.82 Å². The Morgan fingerprint density at radius 2 is 1.86 bits per heavy atom. The van der Waals surface area contributed by atoms with Crippen molar-refractivity contribution in [3.8, 4) is 0 Å². The predicted octanol–water partition coefficient (Wildman–Crippen LogP) is 4.31. The molecule has 0 N–H and O–H groups in total. The van der Waals surface area contributed by atoms with Gasteiger partial charge in [0.2, 0.25) is 0 Å². The first-order valence-electron chi connectivity index (χ1n) is 4.15. The first-order chi connectivity index (χ1) is 6.74. The number of hydrogen-bond donors (Lipinski definition) is 0. The first kappa shape index (κ1) is 10.2. The van der Waals surface area contributed by atoms with Crippen molar-refractivity contribution in [2.75, 3.05) is 6.26 Å². The summed E-state index contributed by atoms with van der Waals surface area (Å²) < 4.78 is 14.9. The van der Waals surface area contributed by atoms with Crippen molar-refractivity contribution in [1.82, 2.24) is 0 Å². The fourth-order valence-electron chi connectivity index (χ4n) is 1.42. The minimum Gasteiger partial charge on any atom is -0.205 e. The van der Waals surface area contributed by atoms with Crippen LogP contribution in [0.1, 0.15) is 0 Å². The molecule has 0 saturated heterocycles. The average molecular weight is 318 g/mol. The highest BCUT2D eigenvalue weighted by atomic mass is 127. The van der Waals surface area contributed by atoms with E-state index in [0.29, 0.717) is 10.3 Å². The zero-order valence-electron chi connectivity index (χ0n) is 7.55. The van der Waals surface area contributed by atoms with E-state index in [0.717, 1.165) is 8.96 Å². The smallest absolute Gasteiger partial charge is 0.144 e. The van der Waals surface area contributed by atoms with E-state index < -0.39 is 0 Å². The van der Waals surface area contributed by atoms with Gasteiger partial charge in [-0.3, -0.25) is 0 Å². The SMILES string of the molecule is CSc1cc(I)c2ccccc2c1F. The molecular weight excluding hydrogens is 310 g/mol. The van der Waals surface area contributed by atoms with Crippen molar-refractivity contribution in [2.45, 2.75) is 4.90 Å². The Hall–Kier alpha value is -0.290. The highest BCUT2D eigenvalue weighted by molar-refractivity contribution is 14.1. The normalized spacial score (nSPS) is 10.8. The lowest BCUT2D eigenvalue weighted by molar-refractivity contribution is 0.614. The van der Waals surface area contributed by atoms with Gasteiger partial charge < -0.3 is 0 Å². The number of halogens is 2. The van der Waals surface area contributed by atoms with Gasteiger partial charge in [0.25, 0.3) is 0 Å². The van der Waals surface area contributed by atoms with Crippen LogP contribution in [0.15, 0.2) is 35.2 Å². The highest BCUT2D eigenvalue weighted by Gasteiger charge is 2.08. The largest absolute Gasteiger partial charge is 0.205 e. The molecule has 0 aliphatic heterocycles. The third-order valence-electron chi connectivity index (χ3n) is 2.11. The molecule has 0 fully saturated rings. The minimum atomic E-state index is -0.103. The zero-order valence-corrected chi connectivity index (χ0v) is 10.5. The predicted molar refractivity (Wildman–Crippen MR) is 68.4 cm³/mol. The molecule has 0 radical (unpaired) electrons. The van der Waals surface area contributed by atoms with Crippen LogP contribution in [0.3, 0.4) is 0 Å². The molecule has 0 spiro atoms. The Balaban J connectivity index is 2.87. The molecule has 0 heterocycles. The topological polar surface area (TPSA) is 0 Å². The van der Waals surface area contributed by atoms with Crippen LogP contribution in [-0.4, -0.2) is 6.26 Å². The quantitative estimate of drug-likeness (QED) is 0.558. The number of rotatable bonds is 1. The van der Waals surface area contributed by atoms with Crippen LogP contribution in [0, 0.1) is 9.39 Å². The number of benzene rings is 2. The number of fused-ring (bicyclic) bond motifs is 1. The fourth-order valence-corrected chi connectivity index (χ4v) is 2.94. The lowest BCUT2D eigenvalue weighted by Gasteiger charge is -2.06. The second-order valence-electron chi connectivity index (χ2n) is 2.92. The van der Waals surface area contributed by atoms with Gasteiger partial charge in [-0.15, -0.1) is 11.8 Å².